The van der Waals surface area contributed by atoms with E-state index in [9.17, 15) is 4.79 Å². The highest BCUT2D eigenvalue weighted by Gasteiger charge is 2.16. The molecule has 1 heterocycles. The van der Waals surface area contributed by atoms with Crippen molar-refractivity contribution in [3.63, 3.8) is 0 Å². The normalized spacial score (nSPS) is 10.7. The standard InChI is InChI=1S/C18H17NO2/c1-2-21-18(20)17-15-11-7-6-10-14(15)16(19-17)12-13-8-4-3-5-9-13/h3-11,19H,2,12H2,1H3. The molecule has 106 valence electrons. The van der Waals surface area contributed by atoms with Crippen molar-refractivity contribution in [2.75, 3.05) is 6.61 Å². The summed E-state index contributed by atoms with van der Waals surface area (Å²) in [5, 5.41) is 1.99. The first kappa shape index (κ1) is 13.4. The largest absolute Gasteiger partial charge is 0.461 e. The highest BCUT2D eigenvalue weighted by Crippen LogP contribution is 2.25. The molecule has 0 aliphatic rings. The predicted octanol–water partition coefficient (Wildman–Crippen LogP) is 3.94. The van der Waals surface area contributed by atoms with Gasteiger partial charge in [0.2, 0.25) is 0 Å². The number of rotatable bonds is 4. The van der Waals surface area contributed by atoms with Gasteiger partial charge in [0.15, 0.2) is 0 Å². The Hall–Kier alpha value is -2.55. The van der Waals surface area contributed by atoms with Gasteiger partial charge in [0, 0.05) is 22.9 Å². The zero-order valence-electron chi connectivity index (χ0n) is 11.9. The number of aromatic nitrogens is 1. The van der Waals surface area contributed by atoms with Crippen LogP contribution in [0.2, 0.25) is 0 Å². The number of fused-ring (bicyclic) bond motifs is 1. The quantitative estimate of drug-likeness (QED) is 0.735. The number of ether oxygens (including phenoxy) is 1. The number of carbonyl (C=O) groups is 1. The summed E-state index contributed by atoms with van der Waals surface area (Å²) in [4.78, 5) is 15.3. The highest BCUT2D eigenvalue weighted by molar-refractivity contribution is 6.04. The molecule has 0 saturated carbocycles. The van der Waals surface area contributed by atoms with Gasteiger partial charge in [0.25, 0.3) is 0 Å². The van der Waals surface area contributed by atoms with Gasteiger partial charge < -0.3 is 9.72 Å². The van der Waals surface area contributed by atoms with Crippen molar-refractivity contribution in [3.8, 4) is 0 Å². The second-order valence-electron chi connectivity index (χ2n) is 4.91. The number of esters is 1. The monoisotopic (exact) mass is 279 g/mol. The van der Waals surface area contributed by atoms with Gasteiger partial charge in [-0.05, 0) is 12.5 Å². The number of hydrogen-bond donors (Lipinski definition) is 1. The van der Waals surface area contributed by atoms with Crippen molar-refractivity contribution in [2.45, 2.75) is 13.3 Å². The van der Waals surface area contributed by atoms with Gasteiger partial charge in [-0.3, -0.25) is 0 Å². The third kappa shape index (κ3) is 2.68. The lowest BCUT2D eigenvalue weighted by atomic mass is 10.1. The summed E-state index contributed by atoms with van der Waals surface area (Å²) in [7, 11) is 0. The molecule has 3 nitrogen and oxygen atoms in total. The maximum Gasteiger partial charge on any atom is 0.355 e. The van der Waals surface area contributed by atoms with Crippen molar-refractivity contribution in [3.05, 3.63) is 71.5 Å². The summed E-state index contributed by atoms with van der Waals surface area (Å²) in [6.07, 6.45) is 0.765. The van der Waals surface area contributed by atoms with Gasteiger partial charge in [-0.15, -0.1) is 0 Å². The molecule has 21 heavy (non-hydrogen) atoms. The van der Waals surface area contributed by atoms with E-state index in [1.54, 1.807) is 0 Å². The molecule has 0 radical (unpaired) electrons. The summed E-state index contributed by atoms with van der Waals surface area (Å²) in [6.45, 7) is 2.19. The summed E-state index contributed by atoms with van der Waals surface area (Å²) in [5.74, 6) is -0.298. The van der Waals surface area contributed by atoms with Crippen LogP contribution >= 0.6 is 0 Å². The van der Waals surface area contributed by atoms with Crippen LogP contribution in [-0.4, -0.2) is 17.6 Å². The number of carbonyl (C=O) groups excluding carboxylic acids is 1. The van der Waals surface area contributed by atoms with Gasteiger partial charge in [-0.25, -0.2) is 4.79 Å². The topological polar surface area (TPSA) is 42.1 Å². The van der Waals surface area contributed by atoms with Crippen LogP contribution in [0.1, 0.15) is 28.7 Å². The molecule has 0 saturated heterocycles. The smallest absolute Gasteiger partial charge is 0.355 e. The van der Waals surface area contributed by atoms with Crippen molar-refractivity contribution < 1.29 is 9.53 Å². The molecule has 0 spiro atoms. The predicted molar refractivity (Wildman–Crippen MR) is 83.5 cm³/mol. The molecule has 0 fully saturated rings. The van der Waals surface area contributed by atoms with E-state index in [1.807, 2.05) is 49.4 Å². The fraction of sp³-hybridized carbons (Fsp3) is 0.167. The maximum atomic E-state index is 12.1. The van der Waals surface area contributed by atoms with Crippen LogP contribution in [0.3, 0.4) is 0 Å². The molecule has 0 bridgehead atoms. The number of H-pyrrole nitrogens is 1. The van der Waals surface area contributed by atoms with E-state index >= 15 is 0 Å². The highest BCUT2D eigenvalue weighted by atomic mass is 16.5. The average Bonchev–Trinajstić information content (AvgIpc) is 2.88. The molecular formula is C18H17NO2. The minimum absolute atomic E-state index is 0.298. The molecule has 3 rings (SSSR count). The van der Waals surface area contributed by atoms with E-state index in [-0.39, 0.29) is 5.97 Å². The SMILES string of the molecule is CCOC(=O)c1[nH]c(Cc2ccccc2)c2ccccc12. The fourth-order valence-electron chi connectivity index (χ4n) is 2.55. The van der Waals surface area contributed by atoms with Crippen molar-refractivity contribution >= 4 is 16.7 Å². The average molecular weight is 279 g/mol. The maximum absolute atomic E-state index is 12.1. The van der Waals surface area contributed by atoms with Crippen molar-refractivity contribution in [1.82, 2.24) is 4.98 Å². The molecule has 0 aliphatic carbocycles. The number of hydrogen-bond acceptors (Lipinski definition) is 2. The zero-order valence-corrected chi connectivity index (χ0v) is 11.9. The lowest BCUT2D eigenvalue weighted by molar-refractivity contribution is 0.0522. The Kier molecular flexibility index (Phi) is 3.73. The zero-order chi connectivity index (χ0) is 14.7. The lowest BCUT2D eigenvalue weighted by Gasteiger charge is -2.00. The van der Waals surface area contributed by atoms with Crippen LogP contribution in [0.4, 0.5) is 0 Å². The lowest BCUT2D eigenvalue weighted by Crippen LogP contribution is -2.05. The minimum Gasteiger partial charge on any atom is -0.461 e. The third-order valence-electron chi connectivity index (χ3n) is 3.50. The Labute approximate surface area is 123 Å². The van der Waals surface area contributed by atoms with E-state index < -0.39 is 0 Å². The molecule has 0 unspecified atom stereocenters. The van der Waals surface area contributed by atoms with Crippen LogP contribution in [-0.2, 0) is 11.2 Å². The second-order valence-corrected chi connectivity index (χ2v) is 4.91. The van der Waals surface area contributed by atoms with Gasteiger partial charge in [0.1, 0.15) is 5.69 Å². The Morgan fingerprint density at radius 3 is 2.38 bits per heavy atom. The van der Waals surface area contributed by atoms with Crippen LogP contribution in [0.15, 0.2) is 54.6 Å². The summed E-state index contributed by atoms with van der Waals surface area (Å²) in [5.41, 5.74) is 2.79. The van der Waals surface area contributed by atoms with Gasteiger partial charge in [-0.1, -0.05) is 54.6 Å². The van der Waals surface area contributed by atoms with Crippen LogP contribution < -0.4 is 0 Å². The molecule has 2 aromatic carbocycles. The third-order valence-corrected chi connectivity index (χ3v) is 3.50. The molecule has 0 aliphatic heterocycles. The fourth-order valence-corrected chi connectivity index (χ4v) is 2.55. The Morgan fingerprint density at radius 2 is 1.67 bits per heavy atom. The molecule has 0 amide bonds. The number of aromatic amines is 1. The molecule has 3 heteroatoms. The van der Waals surface area contributed by atoms with E-state index in [2.05, 4.69) is 17.1 Å². The molecular weight excluding hydrogens is 262 g/mol. The first-order valence-corrected chi connectivity index (χ1v) is 7.10. The molecule has 1 N–H and O–H groups in total. The summed E-state index contributed by atoms with van der Waals surface area (Å²) < 4.78 is 5.13. The molecule has 0 atom stereocenters. The van der Waals surface area contributed by atoms with Crippen LogP contribution in [0.5, 0.6) is 0 Å². The van der Waals surface area contributed by atoms with Crippen LogP contribution in [0.25, 0.3) is 10.8 Å². The van der Waals surface area contributed by atoms with E-state index in [4.69, 9.17) is 4.74 Å². The molecule has 1 aromatic heterocycles. The summed E-state index contributed by atoms with van der Waals surface area (Å²) >= 11 is 0. The van der Waals surface area contributed by atoms with Crippen molar-refractivity contribution in [2.24, 2.45) is 0 Å². The van der Waals surface area contributed by atoms with Gasteiger partial charge in [0.05, 0.1) is 6.61 Å². The van der Waals surface area contributed by atoms with Gasteiger partial charge >= 0.3 is 5.97 Å². The minimum atomic E-state index is -0.298. The van der Waals surface area contributed by atoms with Gasteiger partial charge in [-0.2, -0.15) is 0 Å². The molecule has 3 aromatic rings. The Balaban J connectivity index is 2.05. The van der Waals surface area contributed by atoms with Crippen LogP contribution in [0, 0.1) is 0 Å². The summed E-state index contributed by atoms with van der Waals surface area (Å²) in [6, 6.07) is 18.1. The van der Waals surface area contributed by atoms with E-state index in [0.29, 0.717) is 12.3 Å². The Morgan fingerprint density at radius 1 is 1.00 bits per heavy atom. The van der Waals surface area contributed by atoms with E-state index in [1.165, 1.54) is 5.56 Å². The second kappa shape index (κ2) is 5.83. The first-order chi connectivity index (χ1) is 10.3. The van der Waals surface area contributed by atoms with E-state index in [0.717, 1.165) is 22.9 Å². The number of nitrogens with one attached hydrogen (secondary N) is 1. The first-order valence-electron chi connectivity index (χ1n) is 7.10. The van der Waals surface area contributed by atoms with Crippen molar-refractivity contribution in [1.29, 1.82) is 0 Å². The Bertz CT molecular complexity index is 759. The number of benzene rings is 2.